The fourth-order valence-electron chi connectivity index (χ4n) is 8.40. The zero-order valence-corrected chi connectivity index (χ0v) is 27.1. The summed E-state index contributed by atoms with van der Waals surface area (Å²) in [5.74, 6) is 0.519. The van der Waals surface area contributed by atoms with E-state index in [9.17, 15) is 18.8 Å². The number of benzene rings is 1. The molecule has 2 heterocycles. The molecule has 3 N–H and O–H groups in total. The number of furan rings is 1. The van der Waals surface area contributed by atoms with E-state index in [1.807, 2.05) is 4.90 Å². The van der Waals surface area contributed by atoms with E-state index >= 15 is 0 Å². The lowest BCUT2D eigenvalue weighted by Crippen LogP contribution is -2.50. The third-order valence-corrected chi connectivity index (χ3v) is 11.5. The molecular weight excluding hydrogens is 589 g/mol. The van der Waals surface area contributed by atoms with Crippen LogP contribution in [0.1, 0.15) is 94.0 Å². The van der Waals surface area contributed by atoms with Crippen LogP contribution in [0.5, 0.6) is 0 Å². The molecule has 252 valence electrons. The summed E-state index contributed by atoms with van der Waals surface area (Å²) in [5, 5.41) is 3.81. The minimum absolute atomic E-state index is 0.0566. The summed E-state index contributed by atoms with van der Waals surface area (Å²) in [6, 6.07) is 6.27. The van der Waals surface area contributed by atoms with Crippen molar-refractivity contribution in [1.29, 1.82) is 0 Å². The van der Waals surface area contributed by atoms with Gasteiger partial charge < -0.3 is 29.8 Å². The number of carbonyl (C=O) groups is 3. The molecule has 3 aliphatic carbocycles. The molecule has 4 fully saturated rings. The van der Waals surface area contributed by atoms with Gasteiger partial charge in [0.2, 0.25) is 17.6 Å². The van der Waals surface area contributed by atoms with Gasteiger partial charge in [0.1, 0.15) is 11.6 Å². The van der Waals surface area contributed by atoms with Crippen molar-refractivity contribution in [3.63, 3.8) is 0 Å². The molecule has 0 spiro atoms. The second-order valence-electron chi connectivity index (χ2n) is 14.2. The number of carbonyl (C=O) groups excluding carboxylic acids is 3. The number of nitrogens with one attached hydrogen (secondary N) is 1. The predicted octanol–water partition coefficient (Wildman–Crippen LogP) is 6.24. The average Bonchev–Trinajstić information content (AvgIpc) is 3.69. The van der Waals surface area contributed by atoms with Crippen LogP contribution in [0.25, 0.3) is 11.0 Å². The third kappa shape index (κ3) is 7.28. The van der Waals surface area contributed by atoms with Crippen molar-refractivity contribution in [2.24, 2.45) is 35.3 Å². The second kappa shape index (κ2) is 14.8. The van der Waals surface area contributed by atoms with Crippen LogP contribution >= 0.6 is 0 Å². The Bertz CT molecular complexity index is 1360. The van der Waals surface area contributed by atoms with Gasteiger partial charge in [-0.1, -0.05) is 6.42 Å². The number of likely N-dealkylation sites (tertiary alicyclic amines) is 1. The van der Waals surface area contributed by atoms with E-state index in [1.165, 1.54) is 6.42 Å². The second-order valence-corrected chi connectivity index (χ2v) is 14.2. The highest BCUT2D eigenvalue weighted by molar-refractivity contribution is 6.00. The van der Waals surface area contributed by atoms with Crippen molar-refractivity contribution in [3.8, 4) is 0 Å². The number of amides is 2. The van der Waals surface area contributed by atoms with E-state index in [0.717, 1.165) is 70.6 Å². The molecule has 2 amide bonds. The van der Waals surface area contributed by atoms with Crippen molar-refractivity contribution < 1.29 is 32.7 Å². The summed E-state index contributed by atoms with van der Waals surface area (Å²) < 4.78 is 29.7. The number of methoxy groups -OCH3 is 1. The molecule has 6 rings (SSSR count). The number of halogens is 1. The van der Waals surface area contributed by atoms with Crippen LogP contribution in [0, 0.1) is 29.6 Å². The first kappa shape index (κ1) is 32.9. The number of ether oxygens (including phenoxy) is 2. The van der Waals surface area contributed by atoms with Crippen LogP contribution < -0.4 is 11.1 Å². The number of alkyl halides is 1. The van der Waals surface area contributed by atoms with Crippen LogP contribution in [-0.2, 0) is 19.1 Å². The molecule has 2 aromatic rings. The molecule has 4 aliphatic rings. The third-order valence-electron chi connectivity index (χ3n) is 11.5. The lowest BCUT2D eigenvalue weighted by atomic mass is 9.75. The monoisotopic (exact) mass is 639 g/mol. The molecule has 0 unspecified atom stereocenters. The molecule has 0 radical (unpaired) electrons. The summed E-state index contributed by atoms with van der Waals surface area (Å²) in [5.41, 5.74) is 7.35. The van der Waals surface area contributed by atoms with Gasteiger partial charge in [-0.25, -0.2) is 4.79 Å². The molecular formula is C36H50FN3O6. The smallest absolute Gasteiger partial charge is 0.374 e. The van der Waals surface area contributed by atoms with Gasteiger partial charge >= 0.3 is 5.97 Å². The van der Waals surface area contributed by atoms with E-state index in [4.69, 9.17) is 19.6 Å². The first-order valence-corrected chi connectivity index (χ1v) is 17.5. The Morgan fingerprint density at radius 1 is 1.02 bits per heavy atom. The SMILES string of the molecule is COC1CCC([C@@H]2CCN(C(=O)[C@H]3CC[C@H]([C@H](N)CCF)CC3)[C@@H]2C(=O)Nc2ccc3oc(C(=O)OCC4CCC4)cc3c2)CC1. The van der Waals surface area contributed by atoms with Crippen LogP contribution in [0.2, 0.25) is 0 Å². The number of anilines is 1. The van der Waals surface area contributed by atoms with Gasteiger partial charge in [-0.3, -0.25) is 14.0 Å². The molecule has 10 heteroatoms. The summed E-state index contributed by atoms with van der Waals surface area (Å²) in [7, 11) is 1.76. The molecule has 3 saturated carbocycles. The number of nitrogens with two attached hydrogens (primary N) is 1. The van der Waals surface area contributed by atoms with E-state index < -0.39 is 18.7 Å². The van der Waals surface area contributed by atoms with Gasteiger partial charge in [0.15, 0.2) is 0 Å². The Morgan fingerprint density at radius 2 is 1.78 bits per heavy atom. The standard InChI is InChI=1S/C36H50FN3O6/c1-44-28-12-9-23(10-13-28)29-16-18-40(35(42)25-7-5-24(6-8-25)30(38)15-17-37)33(29)34(41)39-27-11-14-31-26(19-27)20-32(46-31)36(43)45-21-22-3-2-4-22/h11,14,19-20,22-25,28-30,33H,2-10,12-13,15-18,21,38H2,1H3,(H,39,41)/t23?,24-,25-,28?,29-,30+,33-/m0/s1. The minimum atomic E-state index is -0.555. The molecule has 1 aliphatic heterocycles. The molecule has 9 nitrogen and oxygen atoms in total. The van der Waals surface area contributed by atoms with E-state index in [2.05, 4.69) is 5.32 Å². The number of rotatable bonds is 11. The Hall–Kier alpha value is -2.98. The fraction of sp³-hybridized carbons (Fsp3) is 0.694. The molecule has 1 aromatic carbocycles. The average molecular weight is 640 g/mol. The Morgan fingerprint density at radius 3 is 2.46 bits per heavy atom. The number of fused-ring (bicyclic) bond motifs is 1. The number of nitrogens with zero attached hydrogens (tertiary/aromatic N) is 1. The van der Waals surface area contributed by atoms with Gasteiger partial charge in [0, 0.05) is 36.7 Å². The minimum Gasteiger partial charge on any atom is -0.460 e. The summed E-state index contributed by atoms with van der Waals surface area (Å²) >= 11 is 0. The maximum Gasteiger partial charge on any atom is 0.374 e. The normalized spacial score (nSPS) is 29.3. The largest absolute Gasteiger partial charge is 0.460 e. The lowest BCUT2D eigenvalue weighted by molar-refractivity contribution is -0.142. The van der Waals surface area contributed by atoms with Crippen LogP contribution in [0.15, 0.2) is 28.7 Å². The van der Waals surface area contributed by atoms with Crippen molar-refractivity contribution in [3.05, 3.63) is 30.0 Å². The van der Waals surface area contributed by atoms with E-state index in [-0.39, 0.29) is 47.5 Å². The molecule has 1 aromatic heterocycles. The molecule has 0 bridgehead atoms. The highest BCUT2D eigenvalue weighted by atomic mass is 19.1. The number of hydrogen-bond acceptors (Lipinski definition) is 7. The fourth-order valence-corrected chi connectivity index (χ4v) is 8.40. The van der Waals surface area contributed by atoms with Crippen molar-refractivity contribution in [2.45, 2.75) is 102 Å². The van der Waals surface area contributed by atoms with Crippen molar-refractivity contribution in [2.75, 3.05) is 32.3 Å². The highest BCUT2D eigenvalue weighted by Gasteiger charge is 2.47. The summed E-state index contributed by atoms with van der Waals surface area (Å²) in [6.45, 7) is 0.566. The van der Waals surface area contributed by atoms with Crippen molar-refractivity contribution in [1.82, 2.24) is 4.90 Å². The maximum atomic E-state index is 14.2. The van der Waals surface area contributed by atoms with Gasteiger partial charge in [0.05, 0.1) is 19.4 Å². The van der Waals surface area contributed by atoms with Crippen molar-refractivity contribution >= 4 is 34.4 Å². The van der Waals surface area contributed by atoms with E-state index in [0.29, 0.717) is 48.1 Å². The Kier molecular flexibility index (Phi) is 10.6. The Balaban J connectivity index is 1.15. The quantitative estimate of drug-likeness (QED) is 0.279. The predicted molar refractivity (Wildman–Crippen MR) is 173 cm³/mol. The first-order chi connectivity index (χ1) is 22.3. The van der Waals surface area contributed by atoms with E-state index in [1.54, 1.807) is 31.4 Å². The highest BCUT2D eigenvalue weighted by Crippen LogP contribution is 2.42. The number of hydrogen-bond donors (Lipinski definition) is 2. The molecule has 46 heavy (non-hydrogen) atoms. The van der Waals surface area contributed by atoms with Crippen LogP contribution in [-0.4, -0.2) is 67.8 Å². The van der Waals surface area contributed by atoms with Gasteiger partial charge in [0.25, 0.3) is 0 Å². The lowest BCUT2D eigenvalue weighted by Gasteiger charge is -2.37. The topological polar surface area (TPSA) is 124 Å². The zero-order chi connectivity index (χ0) is 32.2. The Labute approximate surface area is 271 Å². The summed E-state index contributed by atoms with van der Waals surface area (Å²) in [4.78, 5) is 42.6. The van der Waals surface area contributed by atoms with Gasteiger partial charge in [-0.05, 0) is 125 Å². The first-order valence-electron chi connectivity index (χ1n) is 17.5. The molecule has 1 saturated heterocycles. The van der Waals surface area contributed by atoms with Crippen LogP contribution in [0.4, 0.5) is 10.1 Å². The zero-order valence-electron chi connectivity index (χ0n) is 27.1. The molecule has 3 atom stereocenters. The van der Waals surface area contributed by atoms with Gasteiger partial charge in [-0.15, -0.1) is 0 Å². The van der Waals surface area contributed by atoms with Gasteiger partial charge in [-0.2, -0.15) is 0 Å². The summed E-state index contributed by atoms with van der Waals surface area (Å²) in [6.07, 6.45) is 11.7. The maximum absolute atomic E-state index is 14.2. The van der Waals surface area contributed by atoms with Crippen LogP contribution in [0.3, 0.4) is 0 Å². The number of esters is 1.